The lowest BCUT2D eigenvalue weighted by molar-refractivity contribution is 0.273. The summed E-state index contributed by atoms with van der Waals surface area (Å²) in [4.78, 5) is 4.28. The number of aliphatic hydroxyl groups is 1. The van der Waals surface area contributed by atoms with Gasteiger partial charge in [0.1, 0.15) is 5.82 Å². The second kappa shape index (κ2) is 3.05. The van der Waals surface area contributed by atoms with Crippen LogP contribution in [0.4, 0.5) is 0 Å². The maximum atomic E-state index is 8.73. The van der Waals surface area contributed by atoms with Gasteiger partial charge in [0.25, 0.3) is 0 Å². The fraction of sp³-hybridized carbons (Fsp3) is 0.625. The van der Waals surface area contributed by atoms with Gasteiger partial charge in [-0.25, -0.2) is 4.98 Å². The molecular weight excluding hydrogens is 140 g/mol. The van der Waals surface area contributed by atoms with Gasteiger partial charge in [-0.1, -0.05) is 0 Å². The highest BCUT2D eigenvalue weighted by Gasteiger charge is 2.04. The van der Waals surface area contributed by atoms with Gasteiger partial charge in [0.2, 0.25) is 0 Å². The van der Waals surface area contributed by atoms with Gasteiger partial charge < -0.3 is 9.67 Å². The second-order valence-corrected chi connectivity index (χ2v) is 2.71. The van der Waals surface area contributed by atoms with E-state index in [0.29, 0.717) is 6.54 Å². The van der Waals surface area contributed by atoms with Crippen molar-refractivity contribution >= 4 is 0 Å². The van der Waals surface area contributed by atoms with Crippen LogP contribution in [0.3, 0.4) is 0 Å². The van der Waals surface area contributed by atoms with Crippen LogP contribution in [0.25, 0.3) is 0 Å². The molecule has 11 heavy (non-hydrogen) atoms. The van der Waals surface area contributed by atoms with Crippen molar-refractivity contribution < 1.29 is 5.11 Å². The Labute approximate surface area is 66.7 Å². The van der Waals surface area contributed by atoms with E-state index < -0.39 is 0 Å². The topological polar surface area (TPSA) is 38.0 Å². The molecular formula is C8H14N2O. The molecule has 1 aromatic rings. The number of aliphatic hydroxyl groups excluding tert-OH is 1. The highest BCUT2D eigenvalue weighted by Crippen LogP contribution is 2.08. The Bertz CT molecular complexity index is 253. The minimum atomic E-state index is 0.178. The Balaban J connectivity index is 3.02. The molecule has 0 aromatic carbocycles. The molecule has 0 saturated heterocycles. The maximum absolute atomic E-state index is 8.73. The zero-order chi connectivity index (χ0) is 8.43. The van der Waals surface area contributed by atoms with Crippen LogP contribution < -0.4 is 0 Å². The van der Waals surface area contributed by atoms with Crippen molar-refractivity contribution in [3.8, 4) is 0 Å². The van der Waals surface area contributed by atoms with Gasteiger partial charge in [0, 0.05) is 12.2 Å². The molecule has 3 heteroatoms. The van der Waals surface area contributed by atoms with Crippen LogP contribution in [-0.4, -0.2) is 21.3 Å². The Morgan fingerprint density at radius 1 is 1.36 bits per heavy atom. The van der Waals surface area contributed by atoms with Gasteiger partial charge in [0.15, 0.2) is 0 Å². The number of aromatic nitrogens is 2. The lowest BCUT2D eigenvalue weighted by Gasteiger charge is -2.03. The summed E-state index contributed by atoms with van der Waals surface area (Å²) in [6, 6.07) is 0. The summed E-state index contributed by atoms with van der Waals surface area (Å²) in [6.45, 7) is 6.78. The van der Waals surface area contributed by atoms with E-state index in [9.17, 15) is 0 Å². The van der Waals surface area contributed by atoms with Crippen molar-refractivity contribution in [2.24, 2.45) is 0 Å². The Morgan fingerprint density at radius 2 is 2.00 bits per heavy atom. The van der Waals surface area contributed by atoms with Gasteiger partial charge >= 0.3 is 0 Å². The zero-order valence-electron chi connectivity index (χ0n) is 7.26. The maximum Gasteiger partial charge on any atom is 0.106 e. The number of imidazole rings is 1. The van der Waals surface area contributed by atoms with Crippen LogP contribution >= 0.6 is 0 Å². The summed E-state index contributed by atoms with van der Waals surface area (Å²) in [7, 11) is 0. The van der Waals surface area contributed by atoms with Gasteiger partial charge in [-0.2, -0.15) is 0 Å². The Hall–Kier alpha value is -0.830. The number of hydrogen-bond acceptors (Lipinski definition) is 2. The average Bonchev–Trinajstić information content (AvgIpc) is 2.17. The Morgan fingerprint density at radius 3 is 2.36 bits per heavy atom. The quantitative estimate of drug-likeness (QED) is 0.684. The van der Waals surface area contributed by atoms with E-state index in [0.717, 1.165) is 17.2 Å². The molecule has 0 aliphatic heterocycles. The SMILES string of the molecule is Cc1nc(C)n(CCO)c1C. The summed E-state index contributed by atoms with van der Waals surface area (Å²) in [5.41, 5.74) is 2.20. The van der Waals surface area contributed by atoms with E-state index in [4.69, 9.17) is 5.11 Å². The standard InChI is InChI=1S/C8H14N2O/c1-6-7(2)10(4-5-11)8(3)9-6/h11H,4-5H2,1-3H3. The fourth-order valence-electron chi connectivity index (χ4n) is 1.25. The summed E-state index contributed by atoms with van der Waals surface area (Å²) < 4.78 is 2.02. The number of nitrogens with zero attached hydrogens (tertiary/aromatic N) is 2. The van der Waals surface area contributed by atoms with Crippen LogP contribution in [-0.2, 0) is 6.54 Å². The predicted octanol–water partition coefficient (Wildman–Crippen LogP) is 0.801. The molecule has 0 spiro atoms. The van der Waals surface area contributed by atoms with E-state index >= 15 is 0 Å². The minimum absolute atomic E-state index is 0.178. The molecule has 1 rings (SSSR count). The van der Waals surface area contributed by atoms with E-state index in [1.54, 1.807) is 0 Å². The van der Waals surface area contributed by atoms with E-state index in [-0.39, 0.29) is 6.61 Å². The van der Waals surface area contributed by atoms with E-state index in [1.807, 2.05) is 25.3 Å². The van der Waals surface area contributed by atoms with E-state index in [1.165, 1.54) is 0 Å². The third-order valence-corrected chi connectivity index (χ3v) is 1.97. The number of aryl methyl sites for hydroxylation is 2. The zero-order valence-corrected chi connectivity index (χ0v) is 7.26. The third kappa shape index (κ3) is 1.43. The molecule has 62 valence electrons. The molecule has 1 heterocycles. The smallest absolute Gasteiger partial charge is 0.106 e. The van der Waals surface area contributed by atoms with Crippen molar-refractivity contribution in [3.63, 3.8) is 0 Å². The van der Waals surface area contributed by atoms with Crippen molar-refractivity contribution in [2.45, 2.75) is 27.3 Å². The largest absolute Gasteiger partial charge is 0.395 e. The van der Waals surface area contributed by atoms with Gasteiger partial charge in [-0.3, -0.25) is 0 Å². The number of hydrogen-bond donors (Lipinski definition) is 1. The second-order valence-electron chi connectivity index (χ2n) is 2.71. The lowest BCUT2D eigenvalue weighted by atomic mass is 10.4. The first-order valence-electron chi connectivity index (χ1n) is 3.78. The molecule has 0 radical (unpaired) electrons. The molecule has 0 aliphatic rings. The van der Waals surface area contributed by atoms with Crippen molar-refractivity contribution in [2.75, 3.05) is 6.61 Å². The normalized spacial score (nSPS) is 10.5. The first-order valence-corrected chi connectivity index (χ1v) is 3.78. The molecule has 0 saturated carbocycles. The number of rotatable bonds is 2. The average molecular weight is 154 g/mol. The van der Waals surface area contributed by atoms with Crippen LogP contribution in [0.2, 0.25) is 0 Å². The lowest BCUT2D eigenvalue weighted by Crippen LogP contribution is -2.05. The van der Waals surface area contributed by atoms with Crippen LogP contribution in [0.5, 0.6) is 0 Å². The van der Waals surface area contributed by atoms with Crippen molar-refractivity contribution in [3.05, 3.63) is 17.2 Å². The van der Waals surface area contributed by atoms with Crippen LogP contribution in [0.1, 0.15) is 17.2 Å². The molecule has 0 aliphatic carbocycles. The fourth-order valence-corrected chi connectivity index (χ4v) is 1.25. The summed E-state index contributed by atoms with van der Waals surface area (Å²) in [5, 5.41) is 8.73. The van der Waals surface area contributed by atoms with Crippen molar-refractivity contribution in [1.29, 1.82) is 0 Å². The third-order valence-electron chi connectivity index (χ3n) is 1.97. The minimum Gasteiger partial charge on any atom is -0.395 e. The molecule has 0 amide bonds. The highest BCUT2D eigenvalue weighted by molar-refractivity contribution is 5.13. The molecule has 0 unspecified atom stereocenters. The van der Waals surface area contributed by atoms with Gasteiger partial charge in [-0.05, 0) is 20.8 Å². The van der Waals surface area contributed by atoms with Gasteiger partial charge in [0.05, 0.1) is 12.3 Å². The summed E-state index contributed by atoms with van der Waals surface area (Å²) >= 11 is 0. The van der Waals surface area contributed by atoms with E-state index in [2.05, 4.69) is 4.98 Å². The molecule has 0 fully saturated rings. The van der Waals surface area contributed by atoms with Crippen LogP contribution in [0.15, 0.2) is 0 Å². The monoisotopic (exact) mass is 154 g/mol. The first-order chi connectivity index (χ1) is 5.16. The molecule has 0 bridgehead atoms. The molecule has 0 atom stereocenters. The summed E-state index contributed by atoms with van der Waals surface area (Å²) in [5.74, 6) is 0.981. The molecule has 1 N–H and O–H groups in total. The highest BCUT2D eigenvalue weighted by atomic mass is 16.3. The predicted molar refractivity (Wildman–Crippen MR) is 43.5 cm³/mol. The first kappa shape index (κ1) is 8.27. The van der Waals surface area contributed by atoms with Crippen LogP contribution in [0, 0.1) is 20.8 Å². The van der Waals surface area contributed by atoms with Gasteiger partial charge in [-0.15, -0.1) is 0 Å². The molecule has 1 aromatic heterocycles. The summed E-state index contributed by atoms with van der Waals surface area (Å²) in [6.07, 6.45) is 0. The van der Waals surface area contributed by atoms with Crippen molar-refractivity contribution in [1.82, 2.24) is 9.55 Å². The Kier molecular flexibility index (Phi) is 2.29. The molecule has 3 nitrogen and oxygen atoms in total.